The quantitative estimate of drug-likeness (QED) is 0.754. The van der Waals surface area contributed by atoms with E-state index in [4.69, 9.17) is 0 Å². The van der Waals surface area contributed by atoms with Gasteiger partial charge in [-0.15, -0.1) is 0 Å². The van der Waals surface area contributed by atoms with E-state index in [1.165, 1.54) is 0 Å². The topological polar surface area (TPSA) is 30.0 Å². The van der Waals surface area contributed by atoms with E-state index in [1.807, 2.05) is 37.3 Å². The van der Waals surface area contributed by atoms with Gasteiger partial charge in [0.2, 0.25) is 0 Å². The lowest BCUT2D eigenvalue weighted by atomic mass is 10.0. The van der Waals surface area contributed by atoms with E-state index in [0.717, 1.165) is 25.8 Å². The zero-order chi connectivity index (χ0) is 13.1. The van der Waals surface area contributed by atoms with Crippen LogP contribution in [0.2, 0.25) is 0 Å². The van der Waals surface area contributed by atoms with Gasteiger partial charge in [-0.05, 0) is 52.7 Å². The van der Waals surface area contributed by atoms with Crippen molar-refractivity contribution in [3.8, 4) is 0 Å². The van der Waals surface area contributed by atoms with Crippen molar-refractivity contribution in [1.82, 2.24) is 4.98 Å². The van der Waals surface area contributed by atoms with Gasteiger partial charge in [0.05, 0.1) is 6.42 Å². The zero-order valence-corrected chi connectivity index (χ0v) is 13.0. The fourth-order valence-corrected chi connectivity index (χ4v) is 2.42. The molecule has 0 fully saturated rings. The van der Waals surface area contributed by atoms with Gasteiger partial charge in [-0.1, -0.05) is 22.0 Å². The van der Waals surface area contributed by atoms with Crippen LogP contribution in [0.4, 0.5) is 0 Å². The Hall–Kier alpha value is -1.00. The van der Waals surface area contributed by atoms with Gasteiger partial charge < -0.3 is 0 Å². The molecule has 0 aliphatic rings. The second-order valence-electron chi connectivity index (χ2n) is 4.03. The summed E-state index contributed by atoms with van der Waals surface area (Å²) in [6.45, 7) is 1.94. The van der Waals surface area contributed by atoms with Gasteiger partial charge >= 0.3 is 0 Å². The van der Waals surface area contributed by atoms with E-state index in [9.17, 15) is 4.79 Å². The van der Waals surface area contributed by atoms with E-state index >= 15 is 0 Å². The summed E-state index contributed by atoms with van der Waals surface area (Å²) in [6.07, 6.45) is 2.03. The van der Waals surface area contributed by atoms with Crippen LogP contribution in [0.5, 0.6) is 0 Å². The zero-order valence-electron chi connectivity index (χ0n) is 9.78. The lowest BCUT2D eigenvalue weighted by Crippen LogP contribution is -2.06. The molecule has 0 bridgehead atoms. The molecule has 0 saturated heterocycles. The van der Waals surface area contributed by atoms with E-state index in [0.29, 0.717) is 6.42 Å². The Morgan fingerprint density at radius 2 is 1.89 bits per heavy atom. The number of aromatic nitrogens is 1. The van der Waals surface area contributed by atoms with Crippen LogP contribution >= 0.6 is 31.9 Å². The van der Waals surface area contributed by atoms with Gasteiger partial charge in [0.15, 0.2) is 5.78 Å². The van der Waals surface area contributed by atoms with Crippen molar-refractivity contribution in [1.29, 1.82) is 0 Å². The SMILES string of the molecule is Cc1cc(Br)ccc1C(=O)Cc1ccc(Br)cn1. The lowest BCUT2D eigenvalue weighted by Gasteiger charge is -2.05. The largest absolute Gasteiger partial charge is 0.294 e. The number of hydrogen-bond acceptors (Lipinski definition) is 2. The number of hydrogen-bond donors (Lipinski definition) is 0. The maximum Gasteiger partial charge on any atom is 0.169 e. The third-order valence-electron chi connectivity index (χ3n) is 2.62. The minimum atomic E-state index is 0.0924. The van der Waals surface area contributed by atoms with Crippen LogP contribution in [0.25, 0.3) is 0 Å². The predicted octanol–water partition coefficient (Wildman–Crippen LogP) is 4.34. The highest BCUT2D eigenvalue weighted by Crippen LogP contribution is 2.17. The highest BCUT2D eigenvalue weighted by Gasteiger charge is 2.10. The number of rotatable bonds is 3. The third-order valence-corrected chi connectivity index (χ3v) is 3.58. The molecule has 92 valence electrons. The number of ketones is 1. The van der Waals surface area contributed by atoms with E-state index < -0.39 is 0 Å². The molecular formula is C14H11Br2NO. The summed E-state index contributed by atoms with van der Waals surface area (Å²) in [6, 6.07) is 9.43. The molecule has 0 aliphatic carbocycles. The molecule has 0 atom stereocenters. The highest BCUT2D eigenvalue weighted by molar-refractivity contribution is 9.10. The van der Waals surface area contributed by atoms with Crippen LogP contribution in [-0.2, 0) is 6.42 Å². The van der Waals surface area contributed by atoms with Crippen molar-refractivity contribution in [3.05, 3.63) is 62.3 Å². The molecule has 0 radical (unpaired) electrons. The van der Waals surface area contributed by atoms with Gasteiger partial charge in [0, 0.05) is 26.4 Å². The molecule has 0 unspecified atom stereocenters. The number of nitrogens with zero attached hydrogens (tertiary/aromatic N) is 1. The molecule has 0 N–H and O–H groups in total. The molecule has 4 heteroatoms. The lowest BCUT2D eigenvalue weighted by molar-refractivity contribution is 0.0991. The van der Waals surface area contributed by atoms with Crippen molar-refractivity contribution in [2.75, 3.05) is 0 Å². The standard InChI is InChI=1S/C14H11Br2NO/c1-9-6-10(15)3-5-13(9)14(18)7-12-4-2-11(16)8-17-12/h2-6,8H,7H2,1H3. The molecule has 0 saturated carbocycles. The van der Waals surface area contributed by atoms with Crippen LogP contribution in [0, 0.1) is 6.92 Å². The molecule has 2 aromatic rings. The average molecular weight is 369 g/mol. The first kappa shape index (κ1) is 13.4. The minimum absolute atomic E-state index is 0.0924. The number of benzene rings is 1. The monoisotopic (exact) mass is 367 g/mol. The van der Waals surface area contributed by atoms with Gasteiger partial charge in [-0.3, -0.25) is 9.78 Å². The van der Waals surface area contributed by atoms with Crippen LogP contribution in [0.15, 0.2) is 45.5 Å². The first-order valence-corrected chi connectivity index (χ1v) is 7.04. The average Bonchev–Trinajstić information content (AvgIpc) is 2.32. The molecule has 2 rings (SSSR count). The number of aryl methyl sites for hydroxylation is 1. The second-order valence-corrected chi connectivity index (χ2v) is 5.86. The van der Waals surface area contributed by atoms with Crippen molar-refractivity contribution >= 4 is 37.6 Å². The van der Waals surface area contributed by atoms with Gasteiger partial charge in [-0.2, -0.15) is 0 Å². The summed E-state index contributed by atoms with van der Waals surface area (Å²) in [5.74, 6) is 0.0924. The van der Waals surface area contributed by atoms with Crippen molar-refractivity contribution in [2.24, 2.45) is 0 Å². The Labute approximate surface area is 123 Å². The maximum absolute atomic E-state index is 12.2. The molecule has 1 aromatic carbocycles. The third kappa shape index (κ3) is 3.27. The van der Waals surface area contributed by atoms with E-state index in [-0.39, 0.29) is 5.78 Å². The minimum Gasteiger partial charge on any atom is -0.294 e. The van der Waals surface area contributed by atoms with E-state index in [1.54, 1.807) is 6.20 Å². The van der Waals surface area contributed by atoms with E-state index in [2.05, 4.69) is 36.8 Å². The molecule has 1 heterocycles. The maximum atomic E-state index is 12.2. The molecular weight excluding hydrogens is 358 g/mol. The summed E-state index contributed by atoms with van der Waals surface area (Å²) >= 11 is 6.71. The molecule has 0 aliphatic heterocycles. The van der Waals surface area contributed by atoms with Gasteiger partial charge in [0.1, 0.15) is 0 Å². The normalized spacial score (nSPS) is 10.4. The predicted molar refractivity (Wildman–Crippen MR) is 78.9 cm³/mol. The van der Waals surface area contributed by atoms with Crippen LogP contribution in [-0.4, -0.2) is 10.8 Å². The van der Waals surface area contributed by atoms with Crippen LogP contribution in [0.1, 0.15) is 21.6 Å². The van der Waals surface area contributed by atoms with Gasteiger partial charge in [0.25, 0.3) is 0 Å². The Morgan fingerprint density at radius 3 is 2.50 bits per heavy atom. The first-order chi connectivity index (χ1) is 8.56. The number of carbonyl (C=O) groups excluding carboxylic acids is 1. The summed E-state index contributed by atoms with van der Waals surface area (Å²) in [5.41, 5.74) is 2.51. The van der Waals surface area contributed by atoms with Crippen molar-refractivity contribution < 1.29 is 4.79 Å². The van der Waals surface area contributed by atoms with Crippen LogP contribution in [0.3, 0.4) is 0 Å². The van der Waals surface area contributed by atoms with Crippen molar-refractivity contribution in [2.45, 2.75) is 13.3 Å². The number of halogens is 2. The summed E-state index contributed by atoms with van der Waals surface area (Å²) in [4.78, 5) is 16.4. The highest BCUT2D eigenvalue weighted by atomic mass is 79.9. The summed E-state index contributed by atoms with van der Waals surface area (Å²) in [7, 11) is 0. The van der Waals surface area contributed by atoms with Crippen molar-refractivity contribution in [3.63, 3.8) is 0 Å². The fraction of sp³-hybridized carbons (Fsp3) is 0.143. The smallest absolute Gasteiger partial charge is 0.169 e. The Morgan fingerprint density at radius 1 is 1.17 bits per heavy atom. The molecule has 2 nitrogen and oxygen atoms in total. The van der Waals surface area contributed by atoms with Crippen LogP contribution < -0.4 is 0 Å². The first-order valence-electron chi connectivity index (χ1n) is 5.46. The Balaban J connectivity index is 2.19. The number of Topliss-reactive ketones (excluding diaryl/α,β-unsaturated/α-hetero) is 1. The Bertz CT molecular complexity index is 579. The molecule has 1 aromatic heterocycles. The molecule has 0 spiro atoms. The summed E-state index contributed by atoms with van der Waals surface area (Å²) < 4.78 is 1.90. The number of carbonyl (C=O) groups is 1. The van der Waals surface area contributed by atoms with Gasteiger partial charge in [-0.25, -0.2) is 0 Å². The molecule has 0 amide bonds. The Kier molecular flexibility index (Phi) is 4.30. The number of pyridine rings is 1. The summed E-state index contributed by atoms with van der Waals surface area (Å²) in [5, 5.41) is 0. The molecule has 18 heavy (non-hydrogen) atoms. The second kappa shape index (κ2) is 5.76. The fourth-order valence-electron chi connectivity index (χ4n) is 1.71.